The first-order valence-corrected chi connectivity index (χ1v) is 8.75. The Labute approximate surface area is 142 Å². The van der Waals surface area contributed by atoms with Crippen molar-refractivity contribution in [2.75, 3.05) is 24.5 Å². The van der Waals surface area contributed by atoms with Crippen LogP contribution in [-0.2, 0) is 0 Å². The van der Waals surface area contributed by atoms with Gasteiger partial charge in [-0.05, 0) is 38.5 Å². The fourth-order valence-electron chi connectivity index (χ4n) is 2.26. The van der Waals surface area contributed by atoms with E-state index in [1.807, 2.05) is 17.8 Å². The summed E-state index contributed by atoms with van der Waals surface area (Å²) < 4.78 is 1.87. The third kappa shape index (κ3) is 4.42. The van der Waals surface area contributed by atoms with Gasteiger partial charge in [0.2, 0.25) is 4.80 Å². The first-order chi connectivity index (χ1) is 11.2. The molecule has 2 aromatic rings. The van der Waals surface area contributed by atoms with E-state index in [2.05, 4.69) is 65.1 Å². The fraction of sp³-hybridized carbons (Fsp3) is 0.333. The second-order valence-corrected chi connectivity index (χ2v) is 5.95. The number of nitrogens with zero attached hydrogens (tertiary/aromatic N) is 4. The van der Waals surface area contributed by atoms with Gasteiger partial charge in [0.1, 0.15) is 0 Å². The van der Waals surface area contributed by atoms with Crippen molar-refractivity contribution in [2.24, 2.45) is 10.1 Å². The van der Waals surface area contributed by atoms with E-state index in [1.54, 1.807) is 17.4 Å². The van der Waals surface area contributed by atoms with Gasteiger partial charge in [0.05, 0.1) is 18.5 Å². The molecule has 2 rings (SSSR count). The molecule has 0 saturated carbocycles. The number of thiazole rings is 1. The van der Waals surface area contributed by atoms with Crippen molar-refractivity contribution < 1.29 is 0 Å². The molecule has 0 saturated heterocycles. The molecule has 0 aliphatic carbocycles. The molecule has 1 aromatic carbocycles. The van der Waals surface area contributed by atoms with E-state index in [1.165, 1.54) is 5.69 Å². The molecule has 0 amide bonds. The Hall–Kier alpha value is -2.14. The lowest BCUT2D eigenvalue weighted by Gasteiger charge is -2.20. The minimum Gasteiger partial charge on any atom is -0.372 e. The van der Waals surface area contributed by atoms with E-state index in [-0.39, 0.29) is 0 Å². The molecular formula is C18H24N4S. The largest absolute Gasteiger partial charge is 0.372 e. The van der Waals surface area contributed by atoms with Crippen LogP contribution >= 0.6 is 11.3 Å². The summed E-state index contributed by atoms with van der Waals surface area (Å²) in [5.41, 5.74) is 3.40. The van der Waals surface area contributed by atoms with Crippen molar-refractivity contribution >= 4 is 23.2 Å². The summed E-state index contributed by atoms with van der Waals surface area (Å²) >= 11 is 1.59. The van der Waals surface area contributed by atoms with E-state index in [0.717, 1.165) is 29.1 Å². The maximum atomic E-state index is 4.56. The van der Waals surface area contributed by atoms with Crippen LogP contribution in [0.15, 0.2) is 52.4 Å². The summed E-state index contributed by atoms with van der Waals surface area (Å²) in [4.78, 5) is 7.67. The van der Waals surface area contributed by atoms with Crippen molar-refractivity contribution in [1.82, 2.24) is 4.68 Å². The zero-order valence-electron chi connectivity index (χ0n) is 14.1. The zero-order chi connectivity index (χ0) is 16.7. The van der Waals surface area contributed by atoms with Gasteiger partial charge in [-0.3, -0.25) is 4.99 Å². The number of hydrogen-bond donors (Lipinski definition) is 0. The molecule has 0 bridgehead atoms. The summed E-state index contributed by atoms with van der Waals surface area (Å²) in [6.07, 6.45) is 3.66. The van der Waals surface area contributed by atoms with E-state index in [4.69, 9.17) is 0 Å². The highest BCUT2D eigenvalue weighted by Gasteiger charge is 2.01. The van der Waals surface area contributed by atoms with Crippen LogP contribution in [0.4, 0.5) is 5.69 Å². The van der Waals surface area contributed by atoms with Gasteiger partial charge >= 0.3 is 0 Å². The van der Waals surface area contributed by atoms with Crippen molar-refractivity contribution in [3.8, 4) is 0 Å². The molecule has 0 radical (unpaired) electrons. The topological polar surface area (TPSA) is 32.9 Å². The highest BCUT2D eigenvalue weighted by atomic mass is 32.1. The van der Waals surface area contributed by atoms with Gasteiger partial charge in [0.25, 0.3) is 0 Å². The number of aromatic nitrogens is 1. The van der Waals surface area contributed by atoms with Crippen molar-refractivity contribution in [1.29, 1.82) is 0 Å². The van der Waals surface area contributed by atoms with E-state index >= 15 is 0 Å². The van der Waals surface area contributed by atoms with Crippen LogP contribution in [0.5, 0.6) is 0 Å². The first kappa shape index (κ1) is 17.2. The third-order valence-electron chi connectivity index (χ3n) is 3.55. The average molecular weight is 328 g/mol. The number of benzene rings is 1. The Kier molecular flexibility index (Phi) is 6.35. The van der Waals surface area contributed by atoms with Gasteiger partial charge in [-0.2, -0.15) is 5.10 Å². The standard InChI is InChI=1S/C18H24N4S/c1-5-12-19-18-22(15(4)14-23-18)20-13-16-8-10-17(11-9-16)21(6-2)7-3/h5,8-11,13-14H,1,6-7,12H2,2-4H3. The molecule has 1 heterocycles. The Balaban J connectivity index is 2.21. The number of aryl methyl sites for hydroxylation is 1. The first-order valence-electron chi connectivity index (χ1n) is 7.87. The minimum absolute atomic E-state index is 0.605. The van der Waals surface area contributed by atoms with Gasteiger partial charge in [-0.15, -0.1) is 17.9 Å². The number of anilines is 1. The third-order valence-corrected chi connectivity index (χ3v) is 4.52. The molecule has 4 nitrogen and oxygen atoms in total. The minimum atomic E-state index is 0.605. The molecule has 0 spiro atoms. The number of hydrogen-bond acceptors (Lipinski definition) is 4. The number of rotatable bonds is 7. The molecule has 0 N–H and O–H groups in total. The van der Waals surface area contributed by atoms with Gasteiger partial charge in [-0.1, -0.05) is 18.2 Å². The Morgan fingerprint density at radius 3 is 2.52 bits per heavy atom. The molecule has 0 fully saturated rings. The molecule has 5 heteroatoms. The Morgan fingerprint density at radius 1 is 1.22 bits per heavy atom. The molecule has 23 heavy (non-hydrogen) atoms. The quantitative estimate of drug-likeness (QED) is 0.564. The van der Waals surface area contributed by atoms with Crippen molar-refractivity contribution in [3.63, 3.8) is 0 Å². The van der Waals surface area contributed by atoms with Crippen LogP contribution in [0.25, 0.3) is 0 Å². The zero-order valence-corrected chi connectivity index (χ0v) is 14.9. The Bertz CT molecular complexity index is 718. The lowest BCUT2D eigenvalue weighted by Crippen LogP contribution is -2.21. The van der Waals surface area contributed by atoms with E-state index in [0.29, 0.717) is 6.54 Å². The molecule has 122 valence electrons. The van der Waals surface area contributed by atoms with Crippen LogP contribution in [0.1, 0.15) is 25.1 Å². The van der Waals surface area contributed by atoms with Crippen LogP contribution < -0.4 is 9.70 Å². The highest BCUT2D eigenvalue weighted by Crippen LogP contribution is 2.14. The SMILES string of the molecule is C=CCN=c1scc(C)n1N=Cc1ccc(N(CC)CC)cc1. The van der Waals surface area contributed by atoms with Crippen LogP contribution in [0, 0.1) is 6.92 Å². The maximum Gasteiger partial charge on any atom is 0.206 e. The summed E-state index contributed by atoms with van der Waals surface area (Å²) in [5.74, 6) is 0. The molecule has 1 aromatic heterocycles. The van der Waals surface area contributed by atoms with E-state index < -0.39 is 0 Å². The molecule has 0 aliphatic rings. The van der Waals surface area contributed by atoms with Gasteiger partial charge in [-0.25, -0.2) is 4.68 Å². The summed E-state index contributed by atoms with van der Waals surface area (Å²) in [5, 5.41) is 6.62. The van der Waals surface area contributed by atoms with Gasteiger partial charge < -0.3 is 4.90 Å². The molecular weight excluding hydrogens is 304 g/mol. The molecule has 0 unspecified atom stereocenters. The predicted octanol–water partition coefficient (Wildman–Crippen LogP) is 3.67. The van der Waals surface area contributed by atoms with E-state index in [9.17, 15) is 0 Å². The predicted molar refractivity (Wildman–Crippen MR) is 101 cm³/mol. The van der Waals surface area contributed by atoms with Gasteiger partial charge in [0.15, 0.2) is 0 Å². The Morgan fingerprint density at radius 2 is 1.91 bits per heavy atom. The second kappa shape index (κ2) is 8.48. The monoisotopic (exact) mass is 328 g/mol. The molecule has 0 aliphatic heterocycles. The second-order valence-electron chi connectivity index (χ2n) is 5.11. The smallest absolute Gasteiger partial charge is 0.206 e. The highest BCUT2D eigenvalue weighted by molar-refractivity contribution is 7.07. The lowest BCUT2D eigenvalue weighted by atomic mass is 10.2. The van der Waals surface area contributed by atoms with Gasteiger partial charge in [0, 0.05) is 24.2 Å². The average Bonchev–Trinajstić information content (AvgIpc) is 2.93. The maximum absolute atomic E-state index is 4.56. The normalized spacial score (nSPS) is 12.0. The van der Waals surface area contributed by atoms with Crippen molar-refractivity contribution in [3.05, 3.63) is 58.4 Å². The fourth-order valence-corrected chi connectivity index (χ4v) is 3.08. The summed E-state index contributed by atoms with van der Waals surface area (Å²) in [6.45, 7) is 12.7. The summed E-state index contributed by atoms with van der Waals surface area (Å²) in [7, 11) is 0. The van der Waals surface area contributed by atoms with Crippen LogP contribution in [0.2, 0.25) is 0 Å². The summed E-state index contributed by atoms with van der Waals surface area (Å²) in [6, 6.07) is 8.48. The van der Waals surface area contributed by atoms with Crippen LogP contribution in [-0.4, -0.2) is 30.5 Å². The van der Waals surface area contributed by atoms with Crippen molar-refractivity contribution in [2.45, 2.75) is 20.8 Å². The lowest BCUT2D eigenvalue weighted by molar-refractivity contribution is 0.799. The molecule has 0 atom stereocenters. The van der Waals surface area contributed by atoms with Crippen LogP contribution in [0.3, 0.4) is 0 Å².